The molecule has 3 heteroatoms. The second kappa shape index (κ2) is 7.07. The maximum Gasteiger partial charge on any atom is 0.234 e. The number of amides is 1. The van der Waals surface area contributed by atoms with E-state index >= 15 is 0 Å². The average Bonchev–Trinajstić information content (AvgIpc) is 2.27. The Hall–Kier alpha value is -1.35. The molecule has 0 aliphatic rings. The molecule has 0 radical (unpaired) electrons. The molecule has 0 fully saturated rings. The fourth-order valence-corrected chi connectivity index (χ4v) is 1.93. The third-order valence-electron chi connectivity index (χ3n) is 2.86. The molecule has 3 nitrogen and oxygen atoms in total. The van der Waals surface area contributed by atoms with Crippen LogP contribution in [0.3, 0.4) is 0 Å². The van der Waals surface area contributed by atoms with E-state index in [0.29, 0.717) is 6.42 Å². The fraction of sp³-hybridized carbons (Fsp3) is 0.500. The number of carbonyl (C=O) groups is 1. The minimum absolute atomic E-state index is 0.0631. The largest absolute Gasteiger partial charge is 0.292 e. The predicted molar refractivity (Wildman–Crippen MR) is 70.7 cm³/mol. The highest BCUT2D eigenvalue weighted by atomic mass is 16.2. The van der Waals surface area contributed by atoms with E-state index in [2.05, 4.69) is 42.9 Å². The zero-order chi connectivity index (χ0) is 12.7. The number of benzene rings is 1. The lowest BCUT2D eigenvalue weighted by molar-refractivity contribution is -0.122. The second-order valence-electron chi connectivity index (χ2n) is 4.44. The maximum absolute atomic E-state index is 11.2. The van der Waals surface area contributed by atoms with E-state index in [1.165, 1.54) is 16.7 Å². The number of rotatable bonds is 6. The normalized spacial score (nSPS) is 10.3. The van der Waals surface area contributed by atoms with Crippen LogP contribution < -0.4 is 10.9 Å². The standard InChI is InChI=1S/C14H22N2O/c1-11-8-9-13(12(2)10-11)6-4-5-7-14(17)16-15-3/h8-10,15H,4-7H2,1-3H3,(H,16,17). The molecule has 0 aliphatic heterocycles. The van der Waals surface area contributed by atoms with Crippen molar-refractivity contribution in [2.24, 2.45) is 0 Å². The van der Waals surface area contributed by atoms with Gasteiger partial charge in [-0.15, -0.1) is 0 Å². The smallest absolute Gasteiger partial charge is 0.234 e. The van der Waals surface area contributed by atoms with E-state index < -0.39 is 0 Å². The van der Waals surface area contributed by atoms with Crippen LogP contribution in [0.2, 0.25) is 0 Å². The molecule has 0 bridgehead atoms. The van der Waals surface area contributed by atoms with E-state index in [4.69, 9.17) is 0 Å². The highest BCUT2D eigenvalue weighted by Crippen LogP contribution is 2.13. The van der Waals surface area contributed by atoms with Gasteiger partial charge in [-0.1, -0.05) is 23.8 Å². The van der Waals surface area contributed by atoms with Crippen molar-refractivity contribution < 1.29 is 4.79 Å². The number of unbranched alkanes of at least 4 members (excludes halogenated alkanes) is 1. The molecule has 1 aromatic carbocycles. The minimum Gasteiger partial charge on any atom is -0.292 e. The summed E-state index contributed by atoms with van der Waals surface area (Å²) in [6, 6.07) is 6.55. The lowest BCUT2D eigenvalue weighted by atomic mass is 10.0. The summed E-state index contributed by atoms with van der Waals surface area (Å²) >= 11 is 0. The average molecular weight is 234 g/mol. The van der Waals surface area contributed by atoms with E-state index in [-0.39, 0.29) is 5.91 Å². The summed E-state index contributed by atoms with van der Waals surface area (Å²) in [6.45, 7) is 4.26. The van der Waals surface area contributed by atoms with Crippen molar-refractivity contribution in [3.8, 4) is 0 Å². The SMILES string of the molecule is CNNC(=O)CCCCc1ccc(C)cc1C. The highest BCUT2D eigenvalue weighted by Gasteiger charge is 2.01. The van der Waals surface area contributed by atoms with Crippen LogP contribution in [-0.2, 0) is 11.2 Å². The number of hydrazine groups is 1. The van der Waals surface area contributed by atoms with E-state index in [1.807, 2.05) is 0 Å². The van der Waals surface area contributed by atoms with E-state index in [9.17, 15) is 4.79 Å². The Morgan fingerprint density at radius 1 is 1.24 bits per heavy atom. The fourth-order valence-electron chi connectivity index (χ4n) is 1.93. The zero-order valence-electron chi connectivity index (χ0n) is 11.0. The molecule has 2 N–H and O–H groups in total. The Morgan fingerprint density at radius 3 is 2.65 bits per heavy atom. The zero-order valence-corrected chi connectivity index (χ0v) is 11.0. The van der Waals surface area contributed by atoms with Crippen molar-refractivity contribution in [2.45, 2.75) is 39.5 Å². The topological polar surface area (TPSA) is 41.1 Å². The Labute approximate surface area is 104 Å². The van der Waals surface area contributed by atoms with Gasteiger partial charge in [0, 0.05) is 13.5 Å². The lowest BCUT2D eigenvalue weighted by Crippen LogP contribution is -2.33. The van der Waals surface area contributed by atoms with Crippen molar-refractivity contribution in [2.75, 3.05) is 7.05 Å². The third-order valence-corrected chi connectivity index (χ3v) is 2.86. The number of aryl methyl sites for hydroxylation is 3. The van der Waals surface area contributed by atoms with Gasteiger partial charge < -0.3 is 0 Å². The Balaban J connectivity index is 2.29. The Morgan fingerprint density at radius 2 is 2.00 bits per heavy atom. The highest BCUT2D eigenvalue weighted by molar-refractivity contribution is 5.75. The number of carbonyl (C=O) groups excluding carboxylic acids is 1. The number of hydrogen-bond donors (Lipinski definition) is 2. The first-order valence-electron chi connectivity index (χ1n) is 6.15. The molecule has 0 unspecified atom stereocenters. The van der Waals surface area contributed by atoms with Crippen LogP contribution in [0.15, 0.2) is 18.2 Å². The second-order valence-corrected chi connectivity index (χ2v) is 4.44. The summed E-state index contributed by atoms with van der Waals surface area (Å²) in [6.07, 6.45) is 3.63. The molecule has 0 atom stereocenters. The summed E-state index contributed by atoms with van der Waals surface area (Å²) in [5.41, 5.74) is 9.27. The third kappa shape index (κ3) is 5.00. The molecule has 1 aromatic rings. The van der Waals surface area contributed by atoms with Crippen LogP contribution in [0.1, 0.15) is 36.0 Å². The van der Waals surface area contributed by atoms with E-state index in [1.54, 1.807) is 7.05 Å². The van der Waals surface area contributed by atoms with Gasteiger partial charge in [-0.25, -0.2) is 5.43 Å². The van der Waals surface area contributed by atoms with Gasteiger partial charge in [-0.3, -0.25) is 10.2 Å². The number of hydrogen-bond acceptors (Lipinski definition) is 2. The van der Waals surface area contributed by atoms with Gasteiger partial charge in [-0.2, -0.15) is 0 Å². The molecule has 1 rings (SSSR count). The van der Waals surface area contributed by atoms with Crippen molar-refractivity contribution >= 4 is 5.91 Å². The summed E-state index contributed by atoms with van der Waals surface area (Å²) in [5, 5.41) is 0. The van der Waals surface area contributed by atoms with Gasteiger partial charge in [0.1, 0.15) is 0 Å². The quantitative estimate of drug-likeness (QED) is 0.585. The molecule has 0 aromatic heterocycles. The predicted octanol–water partition coefficient (Wildman–Crippen LogP) is 2.27. The van der Waals surface area contributed by atoms with Crippen LogP contribution in [0, 0.1) is 13.8 Å². The first-order chi connectivity index (χ1) is 8.13. The molecule has 0 saturated carbocycles. The molecule has 0 saturated heterocycles. The monoisotopic (exact) mass is 234 g/mol. The molecule has 0 heterocycles. The van der Waals surface area contributed by atoms with Crippen LogP contribution in [-0.4, -0.2) is 13.0 Å². The Bertz CT molecular complexity index is 374. The minimum atomic E-state index is 0.0631. The van der Waals surface area contributed by atoms with Gasteiger partial charge in [0.15, 0.2) is 0 Å². The number of nitrogens with one attached hydrogen (secondary N) is 2. The summed E-state index contributed by atoms with van der Waals surface area (Å²) in [7, 11) is 1.70. The summed E-state index contributed by atoms with van der Waals surface area (Å²) in [4.78, 5) is 11.2. The van der Waals surface area contributed by atoms with Gasteiger partial charge in [0.25, 0.3) is 0 Å². The molecular weight excluding hydrogens is 212 g/mol. The molecular formula is C14H22N2O. The summed E-state index contributed by atoms with van der Waals surface area (Å²) < 4.78 is 0. The van der Waals surface area contributed by atoms with Gasteiger partial charge in [0.05, 0.1) is 0 Å². The molecule has 0 aliphatic carbocycles. The van der Waals surface area contributed by atoms with Crippen molar-refractivity contribution in [3.63, 3.8) is 0 Å². The van der Waals surface area contributed by atoms with Crippen LogP contribution >= 0.6 is 0 Å². The van der Waals surface area contributed by atoms with Crippen molar-refractivity contribution in [1.29, 1.82) is 0 Å². The van der Waals surface area contributed by atoms with Gasteiger partial charge in [-0.05, 0) is 44.2 Å². The van der Waals surface area contributed by atoms with Crippen LogP contribution in [0.5, 0.6) is 0 Å². The van der Waals surface area contributed by atoms with Gasteiger partial charge >= 0.3 is 0 Å². The first-order valence-corrected chi connectivity index (χ1v) is 6.15. The van der Waals surface area contributed by atoms with Crippen LogP contribution in [0.4, 0.5) is 0 Å². The Kier molecular flexibility index (Phi) is 5.70. The van der Waals surface area contributed by atoms with Gasteiger partial charge in [0.2, 0.25) is 5.91 Å². The molecule has 17 heavy (non-hydrogen) atoms. The summed E-state index contributed by atoms with van der Waals surface area (Å²) in [5.74, 6) is 0.0631. The molecule has 94 valence electrons. The molecule has 1 amide bonds. The van der Waals surface area contributed by atoms with Crippen molar-refractivity contribution in [1.82, 2.24) is 10.9 Å². The molecule has 0 spiro atoms. The van der Waals surface area contributed by atoms with E-state index in [0.717, 1.165) is 19.3 Å². The lowest BCUT2D eigenvalue weighted by Gasteiger charge is -2.07. The first kappa shape index (κ1) is 13.7. The van der Waals surface area contributed by atoms with Crippen molar-refractivity contribution in [3.05, 3.63) is 34.9 Å². The van der Waals surface area contributed by atoms with Crippen LogP contribution in [0.25, 0.3) is 0 Å². The maximum atomic E-state index is 11.2.